The molecule has 4 nitrogen and oxygen atoms in total. The van der Waals surface area contributed by atoms with E-state index in [9.17, 15) is 14.7 Å². The van der Waals surface area contributed by atoms with Crippen molar-refractivity contribution in [3.63, 3.8) is 0 Å². The van der Waals surface area contributed by atoms with Crippen molar-refractivity contribution in [1.29, 1.82) is 0 Å². The van der Waals surface area contributed by atoms with E-state index >= 15 is 0 Å². The van der Waals surface area contributed by atoms with Crippen molar-refractivity contribution < 1.29 is 23.2 Å². The Bertz CT molecular complexity index is 1160. The third-order valence-electron chi connectivity index (χ3n) is 3.94. The highest BCUT2D eigenvalue weighted by Crippen LogP contribution is 2.35. The molecule has 1 heterocycles. The summed E-state index contributed by atoms with van der Waals surface area (Å²) in [6, 6.07) is 1.84. The number of carbonyl (C=O) groups excluding carboxylic acids is 2. The number of rotatable bonds is 5. The summed E-state index contributed by atoms with van der Waals surface area (Å²) in [4.78, 5) is 24.8. The van der Waals surface area contributed by atoms with E-state index in [0.717, 1.165) is 0 Å². The first kappa shape index (κ1) is 15.2. The molecule has 0 unspecified atom stereocenters. The van der Waals surface area contributed by atoms with Crippen LogP contribution in [0.4, 0.5) is 0 Å². The molecule has 1 N–H and O–H groups in total. The minimum atomic E-state index is -0.561. The third kappa shape index (κ3) is 3.35. The van der Waals surface area contributed by atoms with Crippen molar-refractivity contribution in [1.82, 2.24) is 0 Å². The number of para-hydroxylation sites is 1. The van der Waals surface area contributed by atoms with Crippen LogP contribution < -0.4 is 0 Å². The SMILES string of the molecule is [2H]c1c([2H])c([2H])c2c(C(=O)c3cc(Br)c(CC(C)=O)c(Br)c3)c(CC)oc2c1O. The largest absolute Gasteiger partial charge is 0.504 e. The van der Waals surface area contributed by atoms with Gasteiger partial charge in [-0.15, -0.1) is 0 Å². The average Bonchev–Trinajstić information content (AvgIpc) is 3.06. The van der Waals surface area contributed by atoms with Gasteiger partial charge in [0.25, 0.3) is 0 Å². The molecule has 0 saturated carbocycles. The number of halogens is 2. The Kier molecular flexibility index (Phi) is 4.30. The minimum absolute atomic E-state index is 0.0189. The van der Waals surface area contributed by atoms with Gasteiger partial charge >= 0.3 is 0 Å². The number of fused-ring (bicyclic) bond motifs is 1. The number of furan rings is 1. The van der Waals surface area contributed by atoms with Crippen LogP contribution in [0.2, 0.25) is 0 Å². The minimum Gasteiger partial charge on any atom is -0.504 e. The molecule has 1 aromatic heterocycles. The molecule has 0 amide bonds. The summed E-state index contributed by atoms with van der Waals surface area (Å²) in [7, 11) is 0. The lowest BCUT2D eigenvalue weighted by molar-refractivity contribution is -0.116. The Morgan fingerprint density at radius 2 is 1.88 bits per heavy atom. The molecular formula is C20H16Br2O4. The summed E-state index contributed by atoms with van der Waals surface area (Å²) >= 11 is 6.80. The molecule has 0 aliphatic heterocycles. The van der Waals surface area contributed by atoms with Gasteiger partial charge in [-0.05, 0) is 30.7 Å². The number of benzene rings is 2. The number of aromatic hydroxyl groups is 1. The van der Waals surface area contributed by atoms with Crippen LogP contribution in [0.15, 0.2) is 43.6 Å². The van der Waals surface area contributed by atoms with Crippen LogP contribution in [-0.2, 0) is 17.6 Å². The summed E-state index contributed by atoms with van der Waals surface area (Å²) in [5, 5.41) is 10.2. The highest BCUT2D eigenvalue weighted by molar-refractivity contribution is 9.11. The van der Waals surface area contributed by atoms with Crippen molar-refractivity contribution in [3.8, 4) is 5.75 Å². The first-order valence-corrected chi connectivity index (χ1v) is 9.43. The number of hydrogen-bond acceptors (Lipinski definition) is 4. The Hall–Kier alpha value is -1.92. The van der Waals surface area contributed by atoms with Crippen molar-refractivity contribution in [2.75, 3.05) is 0 Å². The van der Waals surface area contributed by atoms with Gasteiger partial charge in [0.05, 0.1) is 9.68 Å². The first-order chi connectivity index (χ1) is 13.6. The Labute approximate surface area is 171 Å². The zero-order valence-electron chi connectivity index (χ0n) is 17.0. The van der Waals surface area contributed by atoms with E-state index in [-0.39, 0.29) is 46.1 Å². The highest BCUT2D eigenvalue weighted by Gasteiger charge is 2.24. The second-order valence-corrected chi connectivity index (χ2v) is 7.52. The van der Waals surface area contributed by atoms with Gasteiger partial charge in [-0.1, -0.05) is 50.9 Å². The topological polar surface area (TPSA) is 67.5 Å². The molecule has 0 saturated heterocycles. The lowest BCUT2D eigenvalue weighted by atomic mass is 9.97. The van der Waals surface area contributed by atoms with Gasteiger partial charge in [-0.3, -0.25) is 9.59 Å². The maximum Gasteiger partial charge on any atom is 0.197 e. The predicted molar refractivity (Wildman–Crippen MR) is 107 cm³/mol. The van der Waals surface area contributed by atoms with Gasteiger partial charge in [-0.2, -0.15) is 0 Å². The molecule has 6 heteroatoms. The molecule has 2 aromatic carbocycles. The zero-order valence-corrected chi connectivity index (χ0v) is 17.2. The lowest BCUT2D eigenvalue weighted by Gasteiger charge is -2.09. The number of phenolic OH excluding ortho intramolecular Hbond substituents is 1. The van der Waals surface area contributed by atoms with Gasteiger partial charge in [0.15, 0.2) is 17.1 Å². The van der Waals surface area contributed by atoms with E-state index in [4.69, 9.17) is 8.53 Å². The Morgan fingerprint density at radius 1 is 1.23 bits per heavy atom. The van der Waals surface area contributed by atoms with Crippen LogP contribution in [0.5, 0.6) is 5.75 Å². The molecule has 0 aliphatic carbocycles. The zero-order chi connectivity index (χ0) is 21.6. The number of aryl methyl sites for hydroxylation is 1. The maximum absolute atomic E-state index is 13.4. The van der Waals surface area contributed by atoms with E-state index < -0.39 is 23.6 Å². The van der Waals surface area contributed by atoms with E-state index in [2.05, 4.69) is 31.9 Å². The fourth-order valence-electron chi connectivity index (χ4n) is 2.76. The molecule has 134 valence electrons. The van der Waals surface area contributed by atoms with Crippen molar-refractivity contribution in [2.24, 2.45) is 0 Å². The molecule has 3 rings (SSSR count). The molecule has 0 radical (unpaired) electrons. The van der Waals surface area contributed by atoms with Crippen LogP contribution in [0.25, 0.3) is 11.0 Å². The van der Waals surface area contributed by atoms with E-state index in [1.54, 1.807) is 19.1 Å². The predicted octanol–water partition coefficient (Wildman–Crippen LogP) is 5.59. The molecule has 0 atom stereocenters. The monoisotopic (exact) mass is 481 g/mol. The molecule has 0 bridgehead atoms. The number of ketones is 2. The van der Waals surface area contributed by atoms with Gasteiger partial charge in [-0.25, -0.2) is 0 Å². The summed E-state index contributed by atoms with van der Waals surface area (Å²) in [5.74, 6) is -0.766. The highest BCUT2D eigenvalue weighted by atomic mass is 79.9. The third-order valence-corrected chi connectivity index (χ3v) is 5.36. The van der Waals surface area contributed by atoms with Gasteiger partial charge < -0.3 is 9.52 Å². The molecule has 0 fully saturated rings. The summed E-state index contributed by atoms with van der Waals surface area (Å²) in [6.45, 7) is 3.24. The average molecular weight is 483 g/mol. The van der Waals surface area contributed by atoms with E-state index in [1.165, 1.54) is 6.92 Å². The van der Waals surface area contributed by atoms with Crippen LogP contribution in [-0.4, -0.2) is 16.7 Å². The standard InChI is InChI=1S/C20H16Br2O4/c1-3-17-18(12-5-4-6-16(24)20(12)26-17)19(25)11-8-14(21)13(7-10(2)23)15(22)9-11/h4-6,8-9,24H,3,7H2,1-2H3/i4D,5D,6D. The summed E-state index contributed by atoms with van der Waals surface area (Å²) < 4.78 is 30.7. The fourth-order valence-corrected chi connectivity index (χ4v) is 4.23. The fraction of sp³-hybridized carbons (Fsp3) is 0.200. The van der Waals surface area contributed by atoms with Crippen LogP contribution in [0, 0.1) is 0 Å². The Morgan fingerprint density at radius 3 is 2.46 bits per heavy atom. The molecule has 26 heavy (non-hydrogen) atoms. The van der Waals surface area contributed by atoms with Crippen molar-refractivity contribution >= 4 is 54.4 Å². The second kappa shape index (κ2) is 7.37. The Balaban J connectivity index is 2.26. The van der Waals surface area contributed by atoms with Gasteiger partial charge in [0, 0.05) is 32.7 Å². The quantitative estimate of drug-likeness (QED) is 0.481. The van der Waals surface area contributed by atoms with Crippen molar-refractivity contribution in [3.05, 3.63) is 61.7 Å². The van der Waals surface area contributed by atoms with Crippen LogP contribution >= 0.6 is 31.9 Å². The summed E-state index contributed by atoms with van der Waals surface area (Å²) in [5.41, 5.74) is 0.957. The number of hydrogen-bond donors (Lipinski definition) is 1. The smallest absolute Gasteiger partial charge is 0.197 e. The van der Waals surface area contributed by atoms with Gasteiger partial charge in [0.2, 0.25) is 0 Å². The maximum atomic E-state index is 13.4. The van der Waals surface area contributed by atoms with Crippen LogP contribution in [0.3, 0.4) is 0 Å². The summed E-state index contributed by atoms with van der Waals surface area (Å²) in [6.07, 6.45) is 0.518. The molecule has 0 aliphatic rings. The second-order valence-electron chi connectivity index (χ2n) is 5.81. The number of phenols is 1. The first-order valence-electron chi connectivity index (χ1n) is 9.34. The number of Topliss-reactive ketones (excluding diaryl/α,β-unsaturated/α-hetero) is 1. The van der Waals surface area contributed by atoms with E-state index in [1.807, 2.05) is 0 Å². The lowest BCUT2D eigenvalue weighted by Crippen LogP contribution is -2.06. The number of carbonyl (C=O) groups is 2. The van der Waals surface area contributed by atoms with Crippen molar-refractivity contribution in [2.45, 2.75) is 26.7 Å². The molecule has 3 aromatic rings. The molecule has 0 spiro atoms. The van der Waals surface area contributed by atoms with E-state index in [0.29, 0.717) is 20.9 Å². The normalized spacial score (nSPS) is 12.7. The van der Waals surface area contributed by atoms with Crippen LogP contribution in [0.1, 0.15) is 45.2 Å². The van der Waals surface area contributed by atoms with Gasteiger partial charge in [0.1, 0.15) is 11.5 Å². The molecular weight excluding hydrogens is 464 g/mol.